The molecular weight excluding hydrogens is 222 g/mol. The van der Waals surface area contributed by atoms with Gasteiger partial charge in [0.1, 0.15) is 0 Å². The quantitative estimate of drug-likeness (QED) is 0.880. The van der Waals surface area contributed by atoms with Crippen LogP contribution in [-0.4, -0.2) is 25.3 Å². The van der Waals surface area contributed by atoms with Gasteiger partial charge in [0, 0.05) is 6.04 Å². The summed E-state index contributed by atoms with van der Waals surface area (Å²) in [5.41, 5.74) is 1.49. The Morgan fingerprint density at radius 3 is 2.61 bits per heavy atom. The van der Waals surface area contributed by atoms with Crippen LogP contribution in [0.4, 0.5) is 0 Å². The van der Waals surface area contributed by atoms with Gasteiger partial charge in [0.2, 0.25) is 0 Å². The topological polar surface area (TPSA) is 21.3 Å². The van der Waals surface area contributed by atoms with Gasteiger partial charge in [0.05, 0.1) is 12.2 Å². The van der Waals surface area contributed by atoms with Crippen molar-refractivity contribution in [2.75, 3.05) is 7.05 Å². The Labute approximate surface area is 110 Å². The van der Waals surface area contributed by atoms with Gasteiger partial charge in [-0.2, -0.15) is 0 Å². The van der Waals surface area contributed by atoms with Crippen LogP contribution in [0.15, 0.2) is 30.3 Å². The molecule has 0 aromatic heterocycles. The minimum atomic E-state index is 0.420. The Balaban J connectivity index is 1.65. The molecule has 5 unspecified atom stereocenters. The Kier molecular flexibility index (Phi) is 3.40. The Hall–Kier alpha value is -0.860. The van der Waals surface area contributed by atoms with E-state index in [2.05, 4.69) is 49.6 Å². The Morgan fingerprint density at radius 1 is 1.22 bits per heavy atom. The third-order valence-electron chi connectivity index (χ3n) is 4.53. The summed E-state index contributed by atoms with van der Waals surface area (Å²) in [7, 11) is 2.08. The number of hydrogen-bond donors (Lipinski definition) is 1. The molecule has 18 heavy (non-hydrogen) atoms. The fourth-order valence-corrected chi connectivity index (χ4v) is 3.47. The lowest BCUT2D eigenvalue weighted by Gasteiger charge is -2.23. The molecule has 2 nitrogen and oxygen atoms in total. The molecule has 98 valence electrons. The highest BCUT2D eigenvalue weighted by Crippen LogP contribution is 2.51. The van der Waals surface area contributed by atoms with Gasteiger partial charge in [-0.1, -0.05) is 30.3 Å². The molecular formula is C16H23NO. The van der Waals surface area contributed by atoms with Gasteiger partial charge in [0.15, 0.2) is 0 Å². The predicted molar refractivity (Wildman–Crippen MR) is 73.7 cm³/mol. The molecule has 0 radical (unpaired) electrons. The van der Waals surface area contributed by atoms with Crippen molar-refractivity contribution in [2.24, 2.45) is 5.92 Å². The first-order valence-electron chi connectivity index (χ1n) is 7.17. The van der Waals surface area contributed by atoms with Crippen molar-refractivity contribution in [1.82, 2.24) is 5.32 Å². The van der Waals surface area contributed by atoms with Crippen molar-refractivity contribution in [2.45, 2.75) is 50.4 Å². The standard InChI is InChI=1S/C16H23NO/c1-11-8-9-15(18-11)16(17-2)14-10-13(14)12-6-4-3-5-7-12/h3-7,11,13-17H,8-10H2,1-2H3. The van der Waals surface area contributed by atoms with E-state index in [1.54, 1.807) is 0 Å². The largest absolute Gasteiger partial charge is 0.374 e. The van der Waals surface area contributed by atoms with Crippen molar-refractivity contribution in [3.05, 3.63) is 35.9 Å². The lowest BCUT2D eigenvalue weighted by atomic mass is 9.99. The zero-order valence-electron chi connectivity index (χ0n) is 11.3. The zero-order chi connectivity index (χ0) is 12.5. The van der Waals surface area contributed by atoms with E-state index in [0.29, 0.717) is 18.2 Å². The van der Waals surface area contributed by atoms with Crippen LogP contribution in [-0.2, 0) is 4.74 Å². The molecule has 1 aliphatic heterocycles. The fraction of sp³-hybridized carbons (Fsp3) is 0.625. The van der Waals surface area contributed by atoms with Crippen LogP contribution in [0.5, 0.6) is 0 Å². The monoisotopic (exact) mass is 245 g/mol. The highest BCUT2D eigenvalue weighted by atomic mass is 16.5. The summed E-state index contributed by atoms with van der Waals surface area (Å²) in [5.74, 6) is 1.50. The first-order valence-corrected chi connectivity index (χ1v) is 7.17. The number of benzene rings is 1. The van der Waals surface area contributed by atoms with E-state index in [1.807, 2.05) is 0 Å². The fourth-order valence-electron chi connectivity index (χ4n) is 3.47. The highest BCUT2D eigenvalue weighted by Gasteiger charge is 2.47. The lowest BCUT2D eigenvalue weighted by Crippen LogP contribution is -2.39. The molecule has 0 bridgehead atoms. The lowest BCUT2D eigenvalue weighted by molar-refractivity contribution is 0.0282. The van der Waals surface area contributed by atoms with Gasteiger partial charge in [0.25, 0.3) is 0 Å². The van der Waals surface area contributed by atoms with E-state index in [-0.39, 0.29) is 0 Å². The van der Waals surface area contributed by atoms with Crippen molar-refractivity contribution in [3.8, 4) is 0 Å². The second kappa shape index (κ2) is 5.02. The summed E-state index contributed by atoms with van der Waals surface area (Å²) in [6.07, 6.45) is 4.60. The Bertz CT molecular complexity index is 391. The molecule has 1 aromatic rings. The molecule has 2 aliphatic rings. The maximum atomic E-state index is 6.04. The number of hydrogen-bond acceptors (Lipinski definition) is 2. The van der Waals surface area contributed by atoms with Crippen LogP contribution in [0.25, 0.3) is 0 Å². The summed E-state index contributed by atoms with van der Waals surface area (Å²) in [5, 5.41) is 3.50. The van der Waals surface area contributed by atoms with E-state index in [0.717, 1.165) is 11.8 Å². The van der Waals surface area contributed by atoms with Gasteiger partial charge in [-0.15, -0.1) is 0 Å². The molecule has 1 heterocycles. The molecule has 1 saturated heterocycles. The van der Waals surface area contributed by atoms with Gasteiger partial charge >= 0.3 is 0 Å². The molecule has 3 rings (SSSR count). The van der Waals surface area contributed by atoms with Crippen LogP contribution in [0.3, 0.4) is 0 Å². The van der Waals surface area contributed by atoms with Crippen molar-refractivity contribution < 1.29 is 4.74 Å². The molecule has 0 amide bonds. The maximum absolute atomic E-state index is 6.04. The average molecular weight is 245 g/mol. The summed E-state index contributed by atoms with van der Waals surface area (Å²) in [6, 6.07) is 11.4. The van der Waals surface area contributed by atoms with E-state index in [9.17, 15) is 0 Å². The van der Waals surface area contributed by atoms with Gasteiger partial charge in [-0.25, -0.2) is 0 Å². The maximum Gasteiger partial charge on any atom is 0.0735 e. The van der Waals surface area contributed by atoms with Crippen molar-refractivity contribution >= 4 is 0 Å². The molecule has 1 N–H and O–H groups in total. The van der Waals surface area contributed by atoms with Crippen LogP contribution < -0.4 is 5.32 Å². The third kappa shape index (κ3) is 2.32. The number of rotatable bonds is 4. The predicted octanol–water partition coefficient (Wildman–Crippen LogP) is 2.95. The first kappa shape index (κ1) is 12.2. The minimum absolute atomic E-state index is 0.420. The highest BCUT2D eigenvalue weighted by molar-refractivity contribution is 5.27. The smallest absolute Gasteiger partial charge is 0.0735 e. The van der Waals surface area contributed by atoms with Crippen LogP contribution in [0.2, 0.25) is 0 Å². The molecule has 1 aliphatic carbocycles. The van der Waals surface area contributed by atoms with E-state index < -0.39 is 0 Å². The summed E-state index contributed by atoms with van der Waals surface area (Å²) in [4.78, 5) is 0. The average Bonchev–Trinajstić information content (AvgIpc) is 3.07. The molecule has 1 aromatic carbocycles. The van der Waals surface area contributed by atoms with Crippen molar-refractivity contribution in [3.63, 3.8) is 0 Å². The van der Waals surface area contributed by atoms with Crippen LogP contribution in [0.1, 0.15) is 37.7 Å². The van der Waals surface area contributed by atoms with Gasteiger partial charge in [-0.3, -0.25) is 0 Å². The van der Waals surface area contributed by atoms with Gasteiger partial charge < -0.3 is 10.1 Å². The number of ether oxygens (including phenoxy) is 1. The van der Waals surface area contributed by atoms with E-state index in [4.69, 9.17) is 4.74 Å². The SMILES string of the molecule is CNC(C1CCC(C)O1)C1CC1c1ccccc1. The molecule has 1 saturated carbocycles. The third-order valence-corrected chi connectivity index (χ3v) is 4.53. The first-order chi connectivity index (χ1) is 8.79. The summed E-state index contributed by atoms with van der Waals surface area (Å²) >= 11 is 0. The molecule has 5 atom stereocenters. The summed E-state index contributed by atoms with van der Waals surface area (Å²) < 4.78 is 6.04. The Morgan fingerprint density at radius 2 is 2.00 bits per heavy atom. The number of nitrogens with one attached hydrogen (secondary N) is 1. The number of likely N-dealkylation sites (N-methyl/N-ethyl adjacent to an activating group) is 1. The van der Waals surface area contributed by atoms with E-state index >= 15 is 0 Å². The second-order valence-corrected chi connectivity index (χ2v) is 5.79. The molecule has 0 spiro atoms. The van der Waals surface area contributed by atoms with Crippen molar-refractivity contribution in [1.29, 1.82) is 0 Å². The van der Waals surface area contributed by atoms with Gasteiger partial charge in [-0.05, 0) is 50.6 Å². The zero-order valence-corrected chi connectivity index (χ0v) is 11.3. The molecule has 2 heteroatoms. The van der Waals surface area contributed by atoms with Crippen LogP contribution in [0, 0.1) is 5.92 Å². The summed E-state index contributed by atoms with van der Waals surface area (Å²) in [6.45, 7) is 2.19. The molecule has 2 fully saturated rings. The minimum Gasteiger partial charge on any atom is -0.374 e. The van der Waals surface area contributed by atoms with Crippen LogP contribution >= 0.6 is 0 Å². The van der Waals surface area contributed by atoms with E-state index in [1.165, 1.54) is 24.8 Å². The second-order valence-electron chi connectivity index (χ2n) is 5.79. The normalized spacial score (nSPS) is 36.6.